The summed E-state index contributed by atoms with van der Waals surface area (Å²) in [6.07, 6.45) is -0.905. The fourth-order valence-corrected chi connectivity index (χ4v) is 3.57. The van der Waals surface area contributed by atoms with Crippen LogP contribution >= 0.6 is 0 Å². The van der Waals surface area contributed by atoms with Crippen LogP contribution in [0.4, 0.5) is 4.39 Å². The Balaban J connectivity index is 2.00. The molecule has 0 heterocycles. The number of benzene rings is 2. The second kappa shape index (κ2) is 8.42. The van der Waals surface area contributed by atoms with Crippen molar-refractivity contribution in [2.24, 2.45) is 0 Å². The zero-order valence-electron chi connectivity index (χ0n) is 14.2. The third kappa shape index (κ3) is 5.26. The Morgan fingerprint density at radius 1 is 1.20 bits per heavy atom. The van der Waals surface area contributed by atoms with Crippen LogP contribution < -0.4 is 4.74 Å². The molecule has 7 heteroatoms. The smallest absolute Gasteiger partial charge is 0.214 e. The minimum absolute atomic E-state index is 0.0780. The quantitative estimate of drug-likeness (QED) is 0.778. The minimum Gasteiger partial charge on any atom is -0.497 e. The number of likely N-dealkylation sites (N-methyl/N-ethyl adjacent to an activating group) is 1. The Bertz CT molecular complexity index is 810. The number of aliphatic hydroxyl groups excluding tert-OH is 1. The molecule has 0 amide bonds. The standard InChI is InChI=1S/C18H22FNO4S/c1-20(13-18(21)15-7-5-8-16(12-15)24-2)25(22,23)11-10-14-6-3-4-9-17(14)19/h3-9,12,18,21H,10-11,13H2,1-2H3. The fraction of sp³-hybridized carbons (Fsp3) is 0.333. The molecule has 1 atom stereocenters. The SMILES string of the molecule is COc1cccc(C(O)CN(C)S(=O)(=O)CCc2ccccc2F)c1. The van der Waals surface area contributed by atoms with Gasteiger partial charge in [0.05, 0.1) is 19.0 Å². The fourth-order valence-electron chi connectivity index (χ4n) is 2.41. The lowest BCUT2D eigenvalue weighted by molar-refractivity contribution is 0.154. The summed E-state index contributed by atoms with van der Waals surface area (Å²) in [5.41, 5.74) is 0.920. The van der Waals surface area contributed by atoms with Crippen LogP contribution in [0.2, 0.25) is 0 Å². The monoisotopic (exact) mass is 367 g/mol. The lowest BCUT2D eigenvalue weighted by Crippen LogP contribution is -2.33. The maximum atomic E-state index is 13.6. The largest absolute Gasteiger partial charge is 0.497 e. The summed E-state index contributed by atoms with van der Waals surface area (Å²) >= 11 is 0. The van der Waals surface area contributed by atoms with E-state index in [4.69, 9.17) is 4.74 Å². The first-order valence-corrected chi connectivity index (χ1v) is 9.44. The molecule has 0 saturated carbocycles. The number of rotatable bonds is 8. The Morgan fingerprint density at radius 3 is 2.60 bits per heavy atom. The molecule has 0 fully saturated rings. The van der Waals surface area contributed by atoms with Crippen LogP contribution in [0.1, 0.15) is 17.2 Å². The number of hydrogen-bond acceptors (Lipinski definition) is 4. The third-order valence-corrected chi connectivity index (χ3v) is 5.79. The van der Waals surface area contributed by atoms with Crippen molar-refractivity contribution >= 4 is 10.0 Å². The predicted octanol–water partition coefficient (Wildman–Crippen LogP) is 2.37. The molecular formula is C18H22FNO4S. The second-order valence-corrected chi connectivity index (χ2v) is 7.93. The number of ether oxygens (including phenoxy) is 1. The number of nitrogens with zero attached hydrogens (tertiary/aromatic N) is 1. The van der Waals surface area contributed by atoms with E-state index >= 15 is 0 Å². The van der Waals surface area contributed by atoms with Gasteiger partial charge in [-0.1, -0.05) is 30.3 Å². The van der Waals surface area contributed by atoms with E-state index in [9.17, 15) is 17.9 Å². The van der Waals surface area contributed by atoms with E-state index in [1.165, 1.54) is 20.2 Å². The van der Waals surface area contributed by atoms with Gasteiger partial charge in [0.2, 0.25) is 10.0 Å². The molecule has 0 bridgehead atoms. The molecule has 0 radical (unpaired) electrons. The summed E-state index contributed by atoms with van der Waals surface area (Å²) in [7, 11) is -0.697. The van der Waals surface area contributed by atoms with Gasteiger partial charge in [-0.05, 0) is 35.7 Å². The Labute approximate surface area is 147 Å². The van der Waals surface area contributed by atoms with E-state index in [0.717, 1.165) is 4.31 Å². The van der Waals surface area contributed by atoms with Crippen molar-refractivity contribution in [3.63, 3.8) is 0 Å². The first-order valence-electron chi connectivity index (χ1n) is 7.83. The van der Waals surface area contributed by atoms with Crippen LogP contribution in [0.25, 0.3) is 0 Å². The maximum absolute atomic E-state index is 13.6. The van der Waals surface area contributed by atoms with Crippen molar-refractivity contribution in [2.75, 3.05) is 26.5 Å². The molecule has 1 unspecified atom stereocenters. The van der Waals surface area contributed by atoms with Gasteiger partial charge in [-0.3, -0.25) is 0 Å². The summed E-state index contributed by atoms with van der Waals surface area (Å²) in [6.45, 7) is -0.0905. The molecular weight excluding hydrogens is 345 g/mol. The topological polar surface area (TPSA) is 66.8 Å². The second-order valence-electron chi connectivity index (χ2n) is 5.73. The Hall–Kier alpha value is -1.96. The van der Waals surface area contributed by atoms with E-state index < -0.39 is 21.9 Å². The highest BCUT2D eigenvalue weighted by Crippen LogP contribution is 2.20. The predicted molar refractivity (Wildman–Crippen MR) is 94.5 cm³/mol. The van der Waals surface area contributed by atoms with Gasteiger partial charge in [0, 0.05) is 13.6 Å². The van der Waals surface area contributed by atoms with Crippen molar-refractivity contribution in [3.05, 3.63) is 65.5 Å². The normalized spacial score (nSPS) is 13.0. The van der Waals surface area contributed by atoms with Crippen molar-refractivity contribution in [1.82, 2.24) is 4.31 Å². The molecule has 0 aromatic heterocycles. The van der Waals surface area contributed by atoms with Crippen molar-refractivity contribution < 1.29 is 22.7 Å². The van der Waals surface area contributed by atoms with Crippen LogP contribution in [0.15, 0.2) is 48.5 Å². The molecule has 2 aromatic rings. The zero-order valence-corrected chi connectivity index (χ0v) is 15.0. The van der Waals surface area contributed by atoms with Gasteiger partial charge in [-0.15, -0.1) is 0 Å². The van der Waals surface area contributed by atoms with Gasteiger partial charge < -0.3 is 9.84 Å². The van der Waals surface area contributed by atoms with E-state index in [2.05, 4.69) is 0 Å². The van der Waals surface area contributed by atoms with Crippen LogP contribution in [-0.2, 0) is 16.4 Å². The van der Waals surface area contributed by atoms with Crippen LogP contribution in [-0.4, -0.2) is 44.3 Å². The highest BCUT2D eigenvalue weighted by atomic mass is 32.2. The molecule has 2 rings (SSSR count). The van der Waals surface area contributed by atoms with E-state index in [0.29, 0.717) is 16.9 Å². The number of halogens is 1. The molecule has 0 aliphatic carbocycles. The average Bonchev–Trinajstić information content (AvgIpc) is 2.61. The van der Waals surface area contributed by atoms with Gasteiger partial charge >= 0.3 is 0 Å². The molecule has 2 aromatic carbocycles. The highest BCUT2D eigenvalue weighted by Gasteiger charge is 2.22. The van der Waals surface area contributed by atoms with Gasteiger partial charge in [0.15, 0.2) is 0 Å². The van der Waals surface area contributed by atoms with Crippen LogP contribution in [0.5, 0.6) is 5.75 Å². The van der Waals surface area contributed by atoms with Gasteiger partial charge in [0.25, 0.3) is 0 Å². The minimum atomic E-state index is -3.62. The van der Waals surface area contributed by atoms with E-state index in [-0.39, 0.29) is 18.7 Å². The Morgan fingerprint density at radius 2 is 1.92 bits per heavy atom. The lowest BCUT2D eigenvalue weighted by Gasteiger charge is -2.21. The van der Waals surface area contributed by atoms with E-state index in [1.807, 2.05) is 0 Å². The first kappa shape index (κ1) is 19.4. The summed E-state index contributed by atoms with van der Waals surface area (Å²) in [4.78, 5) is 0. The number of hydrogen-bond donors (Lipinski definition) is 1. The number of aryl methyl sites for hydroxylation is 1. The molecule has 1 N–H and O–H groups in total. The molecule has 0 aliphatic heterocycles. The van der Waals surface area contributed by atoms with Gasteiger partial charge in [0.1, 0.15) is 11.6 Å². The van der Waals surface area contributed by atoms with Crippen LogP contribution in [0.3, 0.4) is 0 Å². The highest BCUT2D eigenvalue weighted by molar-refractivity contribution is 7.89. The van der Waals surface area contributed by atoms with Gasteiger partial charge in [-0.25, -0.2) is 17.1 Å². The lowest BCUT2D eigenvalue weighted by atomic mass is 10.1. The average molecular weight is 367 g/mol. The zero-order chi connectivity index (χ0) is 18.4. The van der Waals surface area contributed by atoms with Crippen LogP contribution in [0, 0.1) is 5.82 Å². The van der Waals surface area contributed by atoms with E-state index in [1.54, 1.807) is 42.5 Å². The molecule has 136 valence electrons. The molecule has 5 nitrogen and oxygen atoms in total. The molecule has 0 saturated heterocycles. The maximum Gasteiger partial charge on any atom is 0.214 e. The molecule has 0 aliphatic rings. The molecule has 25 heavy (non-hydrogen) atoms. The third-order valence-electron chi connectivity index (χ3n) is 3.97. The first-order chi connectivity index (χ1) is 11.8. The van der Waals surface area contributed by atoms with Gasteiger partial charge in [-0.2, -0.15) is 0 Å². The summed E-state index contributed by atoms with van der Waals surface area (Å²) < 4.78 is 44.5. The van der Waals surface area contributed by atoms with Crippen molar-refractivity contribution in [1.29, 1.82) is 0 Å². The summed E-state index contributed by atoms with van der Waals surface area (Å²) in [6, 6.07) is 12.9. The van der Waals surface area contributed by atoms with Crippen molar-refractivity contribution in [3.8, 4) is 5.75 Å². The number of sulfonamides is 1. The number of methoxy groups -OCH3 is 1. The number of aliphatic hydroxyl groups is 1. The summed E-state index contributed by atoms with van der Waals surface area (Å²) in [5.74, 6) is -0.0618. The van der Waals surface area contributed by atoms with Crippen molar-refractivity contribution in [2.45, 2.75) is 12.5 Å². The Kier molecular flexibility index (Phi) is 6.52. The summed E-state index contributed by atoms with van der Waals surface area (Å²) in [5, 5.41) is 10.3. The molecule has 0 spiro atoms.